The normalized spacial score (nSPS) is 18.2. The molecule has 1 saturated heterocycles. The van der Waals surface area contributed by atoms with Crippen molar-refractivity contribution in [3.8, 4) is 57.5 Å². The molecule has 5 aromatic rings. The number of hydrogen-bond donors (Lipinski definition) is 10. The Balaban J connectivity index is 1.48. The fraction of sp³-hybridized carbons (Fsp3) is 0.146. The van der Waals surface area contributed by atoms with Gasteiger partial charge in [0, 0.05) is 0 Å². The summed E-state index contributed by atoms with van der Waals surface area (Å²) in [6.45, 7) is -1.01. The quantitative estimate of drug-likeness (QED) is 0.0518. The van der Waals surface area contributed by atoms with Gasteiger partial charge in [-0.3, -0.25) is 0 Å². The molecule has 0 aromatic heterocycles. The van der Waals surface area contributed by atoms with Crippen molar-refractivity contribution in [3.05, 3.63) is 119 Å². The summed E-state index contributed by atoms with van der Waals surface area (Å²) in [6, 6.07) is 13.5. The Kier molecular flexibility index (Phi) is 12.3. The average Bonchev–Trinajstić information content (AvgIpc) is 3.23. The van der Waals surface area contributed by atoms with Gasteiger partial charge in [0.05, 0.1) is 27.8 Å². The van der Waals surface area contributed by atoms with Gasteiger partial charge in [-0.1, -0.05) is 0 Å². The third kappa shape index (κ3) is 9.48. The second-order valence-corrected chi connectivity index (χ2v) is 13.2. The number of benzene rings is 5. The monoisotopic (exact) mass is 860 g/mol. The van der Waals surface area contributed by atoms with Crippen molar-refractivity contribution in [2.45, 2.75) is 30.7 Å². The molecule has 6 rings (SSSR count). The summed E-state index contributed by atoms with van der Waals surface area (Å²) in [5.74, 6) is -13.7. The van der Waals surface area contributed by atoms with Crippen LogP contribution in [0.2, 0.25) is 0 Å². The Bertz CT molecular complexity index is 2570. The molecule has 1 unspecified atom stereocenters. The molecular formula is C41H32O21. The van der Waals surface area contributed by atoms with Crippen molar-refractivity contribution in [3.63, 3.8) is 0 Å². The molecule has 5 atom stereocenters. The smallest absolute Gasteiger partial charge is 0.340 e. The number of phenolic OH excluding ortho intramolecular Hbond substituents is 10. The first-order valence-corrected chi connectivity index (χ1v) is 17.7. The fourth-order valence-corrected chi connectivity index (χ4v) is 5.75. The molecule has 0 saturated carbocycles. The first-order chi connectivity index (χ1) is 29.4. The first-order valence-electron chi connectivity index (χ1n) is 17.7. The second kappa shape index (κ2) is 17.7. The minimum atomic E-state index is -2.27. The fourth-order valence-electron chi connectivity index (χ4n) is 5.75. The third-order valence-corrected chi connectivity index (χ3v) is 8.98. The maximum atomic E-state index is 13.8. The highest BCUT2D eigenvalue weighted by atomic mass is 16.7. The van der Waals surface area contributed by atoms with E-state index in [0.29, 0.717) is 0 Å². The highest BCUT2D eigenvalue weighted by Gasteiger charge is 2.55. The highest BCUT2D eigenvalue weighted by molar-refractivity contribution is 5.93. The lowest BCUT2D eigenvalue weighted by molar-refractivity contribution is -0.282. The summed E-state index contributed by atoms with van der Waals surface area (Å²) in [7, 11) is 0. The minimum Gasteiger partial charge on any atom is -0.504 e. The number of phenols is 10. The van der Waals surface area contributed by atoms with Gasteiger partial charge in [-0.25, -0.2) is 24.0 Å². The summed E-state index contributed by atoms with van der Waals surface area (Å²) in [5.41, 5.74) is -2.17. The standard InChI is InChI=1S/C41H32O21/c42-22-6-1-17(11-27(22)47)36(52)57-16-32-33(59-37(53)18-2-7-23(43)28(48)12-18)34(60-38(54)19-3-8-24(44)29(49)13-19)35(61-39(55)20-4-9-25(45)30(50)14-20)41(58-32)62-40(56)21-5-10-26(46)31(51)15-21/h1-15,32-35,41-51H,16H2/t32-,33+,34+,35-,41?/m1/s1. The second-order valence-electron chi connectivity index (χ2n) is 13.2. The van der Waals surface area contributed by atoms with E-state index in [1.165, 1.54) is 0 Å². The van der Waals surface area contributed by atoms with Crippen LogP contribution in [0.4, 0.5) is 0 Å². The number of carbonyl (C=O) groups excluding carboxylic acids is 5. The lowest BCUT2D eigenvalue weighted by Crippen LogP contribution is -2.63. The van der Waals surface area contributed by atoms with E-state index in [-0.39, 0.29) is 5.56 Å². The van der Waals surface area contributed by atoms with Crippen LogP contribution in [-0.2, 0) is 28.4 Å². The zero-order chi connectivity index (χ0) is 45.0. The topological polar surface area (TPSA) is 343 Å². The van der Waals surface area contributed by atoms with Crippen LogP contribution in [0.15, 0.2) is 91.0 Å². The average molecular weight is 861 g/mol. The first kappa shape index (κ1) is 43.0. The predicted octanol–water partition coefficient (Wildman–Crippen LogP) is 3.16. The molecule has 62 heavy (non-hydrogen) atoms. The van der Waals surface area contributed by atoms with Gasteiger partial charge < -0.3 is 79.5 Å². The van der Waals surface area contributed by atoms with E-state index in [1.54, 1.807) is 0 Å². The SMILES string of the molecule is O=C(OC[C@H]1OC(OC(=O)c2ccc(O)c(O)c2)[C@H](OC(=O)c2ccc(O)c(O)c2)[C@@H](OC(=O)c2ccc(O)c(O)c2)[C@H]1OC(=O)c1ccc(O)c(O)c1)c1ccc(O)c(O)c1. The van der Waals surface area contributed by atoms with Gasteiger partial charge >= 0.3 is 29.8 Å². The van der Waals surface area contributed by atoms with Gasteiger partial charge in [0.1, 0.15) is 12.7 Å². The van der Waals surface area contributed by atoms with Gasteiger partial charge in [-0.15, -0.1) is 0 Å². The Morgan fingerprint density at radius 2 is 0.661 bits per heavy atom. The summed E-state index contributed by atoms with van der Waals surface area (Å²) < 4.78 is 34.0. The zero-order valence-electron chi connectivity index (χ0n) is 31.2. The van der Waals surface area contributed by atoms with Crippen molar-refractivity contribution in [2.24, 2.45) is 0 Å². The number of rotatable bonds is 11. The van der Waals surface area contributed by atoms with Crippen LogP contribution in [0.1, 0.15) is 51.8 Å². The molecule has 10 N–H and O–H groups in total. The molecule has 21 nitrogen and oxygen atoms in total. The van der Waals surface area contributed by atoms with Gasteiger partial charge in [0.15, 0.2) is 69.7 Å². The largest absolute Gasteiger partial charge is 0.504 e. The van der Waals surface area contributed by atoms with Gasteiger partial charge in [-0.05, 0) is 91.0 Å². The number of esters is 5. The van der Waals surface area contributed by atoms with E-state index >= 15 is 0 Å². The van der Waals surface area contributed by atoms with Gasteiger partial charge in [-0.2, -0.15) is 0 Å². The maximum Gasteiger partial charge on any atom is 0.340 e. The van der Waals surface area contributed by atoms with Crippen molar-refractivity contribution >= 4 is 29.8 Å². The molecule has 0 amide bonds. The van der Waals surface area contributed by atoms with E-state index in [1.807, 2.05) is 0 Å². The molecule has 0 bridgehead atoms. The Labute approximate surface area is 346 Å². The van der Waals surface area contributed by atoms with Crippen LogP contribution in [0, 0.1) is 0 Å². The molecular weight excluding hydrogens is 828 g/mol. The van der Waals surface area contributed by atoms with Crippen LogP contribution in [0.3, 0.4) is 0 Å². The summed E-state index contributed by atoms with van der Waals surface area (Å²) >= 11 is 0. The van der Waals surface area contributed by atoms with Crippen LogP contribution >= 0.6 is 0 Å². The Hall–Kier alpha value is -8.59. The van der Waals surface area contributed by atoms with Crippen LogP contribution in [0.25, 0.3) is 0 Å². The molecule has 5 aromatic carbocycles. The van der Waals surface area contributed by atoms with Crippen molar-refractivity contribution in [1.82, 2.24) is 0 Å². The molecule has 21 heteroatoms. The van der Waals surface area contributed by atoms with Crippen LogP contribution < -0.4 is 0 Å². The summed E-state index contributed by atoms with van der Waals surface area (Å²) in [6.07, 6.45) is -10.7. The molecule has 1 aliphatic rings. The zero-order valence-corrected chi connectivity index (χ0v) is 31.2. The van der Waals surface area contributed by atoms with Crippen molar-refractivity contribution < 1.29 is 103 Å². The molecule has 1 fully saturated rings. The number of aromatic hydroxyl groups is 10. The molecule has 1 heterocycles. The lowest BCUT2D eigenvalue weighted by atomic mass is 9.97. The summed E-state index contributed by atoms with van der Waals surface area (Å²) in [4.78, 5) is 68.1. The van der Waals surface area contributed by atoms with E-state index in [0.717, 1.165) is 91.0 Å². The predicted molar refractivity (Wildman–Crippen MR) is 201 cm³/mol. The molecule has 0 spiro atoms. The van der Waals surface area contributed by atoms with Crippen LogP contribution in [0.5, 0.6) is 57.5 Å². The minimum absolute atomic E-state index is 0.335. The van der Waals surface area contributed by atoms with E-state index in [9.17, 15) is 75.0 Å². The number of ether oxygens (including phenoxy) is 6. The van der Waals surface area contributed by atoms with Crippen molar-refractivity contribution in [1.29, 1.82) is 0 Å². The number of carbonyl (C=O) groups is 5. The third-order valence-electron chi connectivity index (χ3n) is 8.98. The van der Waals surface area contributed by atoms with Crippen molar-refractivity contribution in [2.75, 3.05) is 6.61 Å². The Morgan fingerprint density at radius 3 is 1.00 bits per heavy atom. The maximum absolute atomic E-state index is 13.8. The molecule has 0 aliphatic carbocycles. The molecule has 322 valence electrons. The molecule has 0 radical (unpaired) electrons. The summed E-state index contributed by atoms with van der Waals surface area (Å²) in [5, 5.41) is 99.5. The van der Waals surface area contributed by atoms with E-state index < -0.39 is 147 Å². The molecule has 1 aliphatic heterocycles. The highest BCUT2D eigenvalue weighted by Crippen LogP contribution is 2.36. The lowest BCUT2D eigenvalue weighted by Gasteiger charge is -2.43. The van der Waals surface area contributed by atoms with Crippen LogP contribution in [-0.4, -0.2) is 118 Å². The Morgan fingerprint density at radius 1 is 0.371 bits per heavy atom. The number of hydrogen-bond acceptors (Lipinski definition) is 21. The van der Waals surface area contributed by atoms with E-state index in [2.05, 4.69) is 0 Å². The van der Waals surface area contributed by atoms with Gasteiger partial charge in [0.2, 0.25) is 12.4 Å². The van der Waals surface area contributed by atoms with Gasteiger partial charge in [0.25, 0.3) is 0 Å². The van der Waals surface area contributed by atoms with E-state index in [4.69, 9.17) is 28.4 Å².